The fourth-order valence-electron chi connectivity index (χ4n) is 2.47. The van der Waals surface area contributed by atoms with Gasteiger partial charge >= 0.3 is 0 Å². The maximum absolute atomic E-state index is 12.0. The summed E-state index contributed by atoms with van der Waals surface area (Å²) >= 11 is 0. The van der Waals surface area contributed by atoms with Crippen LogP contribution >= 0.6 is 0 Å². The highest BCUT2D eigenvalue weighted by atomic mass is 16.2. The van der Waals surface area contributed by atoms with Crippen molar-refractivity contribution in [3.8, 4) is 0 Å². The molecule has 0 radical (unpaired) electrons. The van der Waals surface area contributed by atoms with Gasteiger partial charge in [0.1, 0.15) is 5.56 Å². The normalized spacial score (nSPS) is 17.9. The Hall–Kier alpha value is -1.62. The molecule has 2 rings (SSSR count). The summed E-state index contributed by atoms with van der Waals surface area (Å²) in [6.45, 7) is 5.03. The number of rotatable bonds is 4. The molecule has 1 amide bonds. The van der Waals surface area contributed by atoms with Gasteiger partial charge in [0.25, 0.3) is 5.91 Å². The monoisotopic (exact) mass is 263 g/mol. The van der Waals surface area contributed by atoms with Crippen molar-refractivity contribution >= 4 is 5.91 Å². The Morgan fingerprint density at radius 3 is 2.84 bits per heavy atom. The summed E-state index contributed by atoms with van der Waals surface area (Å²) in [5, 5.41) is 2.88. The number of aromatic nitrogens is 1. The molecule has 0 aromatic carbocycles. The molecule has 1 aromatic rings. The SMILES string of the molecule is CC(CN1CCCCC1)NC(=O)c1c[nH]ccc1=O. The number of hydrogen-bond acceptors (Lipinski definition) is 3. The fraction of sp³-hybridized carbons (Fsp3) is 0.571. The highest BCUT2D eigenvalue weighted by Crippen LogP contribution is 2.08. The standard InChI is InChI=1S/C14H21N3O2/c1-11(10-17-7-3-2-4-8-17)16-14(19)12-9-15-6-5-13(12)18/h5-6,9,11H,2-4,7-8,10H2,1H3,(H,15,18)(H,16,19). The van der Waals surface area contributed by atoms with Gasteiger partial charge in [-0.1, -0.05) is 6.42 Å². The second-order valence-corrected chi connectivity index (χ2v) is 5.16. The molecule has 19 heavy (non-hydrogen) atoms. The van der Waals surface area contributed by atoms with E-state index in [1.165, 1.54) is 37.7 Å². The molecule has 0 spiro atoms. The van der Waals surface area contributed by atoms with Crippen LogP contribution in [0.1, 0.15) is 36.5 Å². The number of likely N-dealkylation sites (tertiary alicyclic amines) is 1. The van der Waals surface area contributed by atoms with Gasteiger partial charge in [0, 0.05) is 31.0 Å². The van der Waals surface area contributed by atoms with E-state index in [1.54, 1.807) is 0 Å². The topological polar surface area (TPSA) is 65.2 Å². The third-order valence-electron chi connectivity index (χ3n) is 3.43. The van der Waals surface area contributed by atoms with Crippen LogP contribution < -0.4 is 10.7 Å². The van der Waals surface area contributed by atoms with Gasteiger partial charge in [0.15, 0.2) is 5.43 Å². The number of piperidine rings is 1. The summed E-state index contributed by atoms with van der Waals surface area (Å²) in [6, 6.07) is 1.41. The van der Waals surface area contributed by atoms with E-state index in [-0.39, 0.29) is 22.9 Å². The van der Waals surface area contributed by atoms with E-state index in [1.807, 2.05) is 6.92 Å². The first-order valence-electron chi connectivity index (χ1n) is 6.87. The Kier molecular flexibility index (Phi) is 4.74. The van der Waals surface area contributed by atoms with Crippen LogP contribution in [0.3, 0.4) is 0 Å². The van der Waals surface area contributed by atoms with Gasteiger partial charge in [-0.3, -0.25) is 9.59 Å². The lowest BCUT2D eigenvalue weighted by Crippen LogP contribution is -2.44. The van der Waals surface area contributed by atoms with Crippen LogP contribution in [0.4, 0.5) is 0 Å². The number of nitrogens with zero attached hydrogens (tertiary/aromatic N) is 1. The van der Waals surface area contributed by atoms with E-state index in [9.17, 15) is 9.59 Å². The molecule has 5 heteroatoms. The molecule has 1 unspecified atom stereocenters. The van der Waals surface area contributed by atoms with Crippen molar-refractivity contribution in [1.82, 2.24) is 15.2 Å². The third kappa shape index (κ3) is 3.92. The maximum Gasteiger partial charge on any atom is 0.256 e. The predicted octanol–water partition coefficient (Wildman–Crippen LogP) is 0.979. The zero-order valence-corrected chi connectivity index (χ0v) is 11.3. The predicted molar refractivity (Wildman–Crippen MR) is 74.3 cm³/mol. The largest absolute Gasteiger partial charge is 0.367 e. The molecule has 5 nitrogen and oxygen atoms in total. The van der Waals surface area contributed by atoms with Gasteiger partial charge in [-0.05, 0) is 32.9 Å². The Morgan fingerprint density at radius 1 is 1.42 bits per heavy atom. The Balaban J connectivity index is 1.88. The molecule has 0 aliphatic carbocycles. The first-order valence-corrected chi connectivity index (χ1v) is 6.87. The van der Waals surface area contributed by atoms with E-state index in [2.05, 4.69) is 15.2 Å². The molecular weight excluding hydrogens is 242 g/mol. The second-order valence-electron chi connectivity index (χ2n) is 5.16. The van der Waals surface area contributed by atoms with Gasteiger partial charge in [-0.25, -0.2) is 0 Å². The number of H-pyrrole nitrogens is 1. The first-order chi connectivity index (χ1) is 9.16. The van der Waals surface area contributed by atoms with Crippen molar-refractivity contribution in [3.63, 3.8) is 0 Å². The Morgan fingerprint density at radius 2 is 2.16 bits per heavy atom. The number of carbonyl (C=O) groups excluding carboxylic acids is 1. The molecule has 0 saturated carbocycles. The summed E-state index contributed by atoms with van der Waals surface area (Å²) in [6.07, 6.45) is 6.75. The van der Waals surface area contributed by atoms with Crippen LogP contribution in [0.25, 0.3) is 0 Å². The van der Waals surface area contributed by atoms with Gasteiger partial charge in [-0.2, -0.15) is 0 Å². The molecular formula is C14H21N3O2. The molecule has 1 saturated heterocycles. The lowest BCUT2D eigenvalue weighted by atomic mass is 10.1. The van der Waals surface area contributed by atoms with Crippen LogP contribution in [0.2, 0.25) is 0 Å². The minimum absolute atomic E-state index is 0.0465. The van der Waals surface area contributed by atoms with Crippen LogP contribution in [0, 0.1) is 0 Å². The fourth-order valence-corrected chi connectivity index (χ4v) is 2.47. The highest BCUT2D eigenvalue weighted by molar-refractivity contribution is 5.93. The zero-order chi connectivity index (χ0) is 13.7. The summed E-state index contributed by atoms with van der Waals surface area (Å²) < 4.78 is 0. The summed E-state index contributed by atoms with van der Waals surface area (Å²) in [4.78, 5) is 28.6. The average molecular weight is 263 g/mol. The van der Waals surface area contributed by atoms with Crippen molar-refractivity contribution in [2.24, 2.45) is 0 Å². The zero-order valence-electron chi connectivity index (χ0n) is 11.3. The van der Waals surface area contributed by atoms with Crippen molar-refractivity contribution in [2.45, 2.75) is 32.2 Å². The number of carbonyl (C=O) groups is 1. The van der Waals surface area contributed by atoms with Crippen LogP contribution in [-0.2, 0) is 0 Å². The van der Waals surface area contributed by atoms with E-state index >= 15 is 0 Å². The Bertz CT molecular complexity index is 478. The number of aromatic amines is 1. The van der Waals surface area contributed by atoms with Crippen molar-refractivity contribution in [2.75, 3.05) is 19.6 Å². The lowest BCUT2D eigenvalue weighted by molar-refractivity contribution is 0.0924. The molecule has 1 aromatic heterocycles. The minimum atomic E-state index is -0.300. The number of amides is 1. The molecule has 0 bridgehead atoms. The van der Waals surface area contributed by atoms with Gasteiger partial charge < -0.3 is 15.2 Å². The average Bonchev–Trinajstić information content (AvgIpc) is 2.40. The van der Waals surface area contributed by atoms with E-state index in [4.69, 9.17) is 0 Å². The van der Waals surface area contributed by atoms with Crippen molar-refractivity contribution in [3.05, 3.63) is 34.2 Å². The van der Waals surface area contributed by atoms with Crippen molar-refractivity contribution < 1.29 is 4.79 Å². The summed E-state index contributed by atoms with van der Waals surface area (Å²) in [7, 11) is 0. The highest BCUT2D eigenvalue weighted by Gasteiger charge is 2.16. The van der Waals surface area contributed by atoms with E-state index in [0.717, 1.165) is 19.6 Å². The van der Waals surface area contributed by atoms with Crippen molar-refractivity contribution in [1.29, 1.82) is 0 Å². The van der Waals surface area contributed by atoms with Gasteiger partial charge in [0.05, 0.1) is 0 Å². The molecule has 2 heterocycles. The van der Waals surface area contributed by atoms with E-state index in [0.29, 0.717) is 0 Å². The lowest BCUT2D eigenvalue weighted by Gasteiger charge is -2.29. The molecule has 1 atom stereocenters. The molecule has 104 valence electrons. The quantitative estimate of drug-likeness (QED) is 0.851. The van der Waals surface area contributed by atoms with E-state index < -0.39 is 0 Å². The maximum atomic E-state index is 12.0. The van der Waals surface area contributed by atoms with Crippen LogP contribution in [0.15, 0.2) is 23.3 Å². The molecule has 1 aliphatic heterocycles. The molecule has 1 aliphatic rings. The first kappa shape index (κ1) is 13.8. The van der Waals surface area contributed by atoms with Gasteiger partial charge in [0.2, 0.25) is 0 Å². The van der Waals surface area contributed by atoms with Crippen LogP contribution in [0.5, 0.6) is 0 Å². The second kappa shape index (κ2) is 6.52. The third-order valence-corrected chi connectivity index (χ3v) is 3.43. The smallest absolute Gasteiger partial charge is 0.256 e. The molecule has 2 N–H and O–H groups in total. The van der Waals surface area contributed by atoms with Crippen LogP contribution in [-0.4, -0.2) is 41.5 Å². The minimum Gasteiger partial charge on any atom is -0.367 e. The summed E-state index contributed by atoms with van der Waals surface area (Å²) in [5.41, 5.74) is -0.0746. The number of hydrogen-bond donors (Lipinski definition) is 2. The Labute approximate surface area is 113 Å². The summed E-state index contributed by atoms with van der Waals surface area (Å²) in [5.74, 6) is -0.300. The molecule has 1 fully saturated rings. The number of nitrogens with one attached hydrogen (secondary N) is 2. The van der Waals surface area contributed by atoms with Gasteiger partial charge in [-0.15, -0.1) is 0 Å². The number of pyridine rings is 1.